The molecule has 3 aromatic rings. The molecule has 4 nitrogen and oxygen atoms in total. The van der Waals surface area contributed by atoms with E-state index in [-0.39, 0.29) is 5.91 Å². The van der Waals surface area contributed by atoms with Gasteiger partial charge in [0.15, 0.2) is 0 Å². The number of benzene rings is 2. The predicted molar refractivity (Wildman–Crippen MR) is 84.2 cm³/mol. The van der Waals surface area contributed by atoms with Crippen molar-refractivity contribution in [3.63, 3.8) is 0 Å². The maximum Gasteiger partial charge on any atom is 0.246 e. The third-order valence-electron chi connectivity index (χ3n) is 3.52. The zero-order valence-electron chi connectivity index (χ0n) is 11.9. The first-order chi connectivity index (χ1) is 10.3. The van der Waals surface area contributed by atoms with Gasteiger partial charge in [-0.2, -0.15) is 0 Å². The molecule has 106 valence electrons. The molecule has 0 atom stereocenters. The lowest BCUT2D eigenvalue weighted by Gasteiger charge is -2.21. The number of carbonyl (C=O) groups is 1. The largest absolute Gasteiger partial charge is 0.321 e. The molecule has 1 aromatic heterocycles. The van der Waals surface area contributed by atoms with Gasteiger partial charge in [-0.05, 0) is 31.2 Å². The molecule has 0 fully saturated rings. The SMILES string of the molecule is CCN(C(=O)Cn1cnc2ccccc21)c1ccccc1. The molecular weight excluding hydrogens is 262 g/mol. The second kappa shape index (κ2) is 5.79. The van der Waals surface area contributed by atoms with Crippen LogP contribution in [-0.4, -0.2) is 22.0 Å². The summed E-state index contributed by atoms with van der Waals surface area (Å²) in [7, 11) is 0. The van der Waals surface area contributed by atoms with E-state index in [1.165, 1.54) is 0 Å². The van der Waals surface area contributed by atoms with Crippen LogP contribution in [0.3, 0.4) is 0 Å². The first kappa shape index (κ1) is 13.4. The van der Waals surface area contributed by atoms with Crippen LogP contribution in [-0.2, 0) is 11.3 Å². The van der Waals surface area contributed by atoms with E-state index < -0.39 is 0 Å². The van der Waals surface area contributed by atoms with Crippen molar-refractivity contribution in [3.8, 4) is 0 Å². The number of carbonyl (C=O) groups excluding carboxylic acids is 1. The molecule has 0 unspecified atom stereocenters. The highest BCUT2D eigenvalue weighted by atomic mass is 16.2. The number of anilines is 1. The fourth-order valence-electron chi connectivity index (χ4n) is 2.48. The van der Waals surface area contributed by atoms with Gasteiger partial charge in [-0.15, -0.1) is 0 Å². The van der Waals surface area contributed by atoms with Gasteiger partial charge in [-0.3, -0.25) is 4.79 Å². The Hall–Kier alpha value is -2.62. The Balaban J connectivity index is 1.85. The standard InChI is InChI=1S/C17H17N3O/c1-2-20(14-8-4-3-5-9-14)17(21)12-19-13-18-15-10-6-7-11-16(15)19/h3-11,13H,2,12H2,1H3. The Bertz CT molecular complexity index is 749. The molecule has 3 rings (SSSR count). The van der Waals surface area contributed by atoms with Crippen LogP contribution in [0, 0.1) is 0 Å². The number of rotatable bonds is 4. The molecule has 0 N–H and O–H groups in total. The van der Waals surface area contributed by atoms with Gasteiger partial charge in [0.05, 0.1) is 17.4 Å². The number of fused-ring (bicyclic) bond motifs is 1. The Morgan fingerprint density at radius 3 is 2.57 bits per heavy atom. The van der Waals surface area contributed by atoms with E-state index in [9.17, 15) is 4.79 Å². The van der Waals surface area contributed by atoms with Gasteiger partial charge in [0.1, 0.15) is 6.54 Å². The first-order valence-corrected chi connectivity index (χ1v) is 7.05. The summed E-state index contributed by atoms with van der Waals surface area (Å²) in [6.07, 6.45) is 1.72. The topological polar surface area (TPSA) is 38.1 Å². The van der Waals surface area contributed by atoms with Gasteiger partial charge in [-0.25, -0.2) is 4.98 Å². The number of hydrogen-bond donors (Lipinski definition) is 0. The van der Waals surface area contributed by atoms with E-state index in [1.807, 2.05) is 66.1 Å². The average molecular weight is 279 g/mol. The van der Waals surface area contributed by atoms with E-state index in [0.717, 1.165) is 16.7 Å². The summed E-state index contributed by atoms with van der Waals surface area (Å²) in [6.45, 7) is 2.93. The van der Waals surface area contributed by atoms with Crippen LogP contribution in [0.25, 0.3) is 11.0 Å². The molecule has 0 aliphatic carbocycles. The van der Waals surface area contributed by atoms with E-state index in [0.29, 0.717) is 13.1 Å². The van der Waals surface area contributed by atoms with Crippen LogP contribution < -0.4 is 4.90 Å². The molecule has 0 radical (unpaired) electrons. The van der Waals surface area contributed by atoms with Crippen molar-refractivity contribution < 1.29 is 4.79 Å². The summed E-state index contributed by atoms with van der Waals surface area (Å²) in [5.74, 6) is 0.0619. The van der Waals surface area contributed by atoms with Gasteiger partial charge in [0.2, 0.25) is 5.91 Å². The molecule has 0 spiro atoms. The maximum atomic E-state index is 12.6. The minimum Gasteiger partial charge on any atom is -0.321 e. The third-order valence-corrected chi connectivity index (χ3v) is 3.52. The molecule has 0 saturated heterocycles. The van der Waals surface area contributed by atoms with Crippen LogP contribution in [0.5, 0.6) is 0 Å². The number of amides is 1. The summed E-state index contributed by atoms with van der Waals surface area (Å²) in [5.41, 5.74) is 2.82. The van der Waals surface area contributed by atoms with Gasteiger partial charge in [0, 0.05) is 12.2 Å². The Kier molecular flexibility index (Phi) is 3.69. The number of imidazole rings is 1. The number of hydrogen-bond acceptors (Lipinski definition) is 2. The minimum absolute atomic E-state index is 0.0619. The lowest BCUT2D eigenvalue weighted by Crippen LogP contribution is -2.33. The summed E-state index contributed by atoms with van der Waals surface area (Å²) in [4.78, 5) is 18.7. The number of likely N-dealkylation sites (N-methyl/N-ethyl adjacent to an activating group) is 1. The zero-order chi connectivity index (χ0) is 14.7. The Labute approximate surface area is 123 Å². The molecular formula is C17H17N3O. The van der Waals surface area contributed by atoms with Crippen molar-refractivity contribution in [1.82, 2.24) is 9.55 Å². The number of nitrogens with zero attached hydrogens (tertiary/aromatic N) is 3. The second-order valence-electron chi connectivity index (χ2n) is 4.83. The molecule has 0 saturated carbocycles. The van der Waals surface area contributed by atoms with Crippen LogP contribution in [0.2, 0.25) is 0 Å². The highest BCUT2D eigenvalue weighted by Crippen LogP contribution is 2.16. The number of aromatic nitrogens is 2. The number of para-hydroxylation sites is 3. The maximum absolute atomic E-state index is 12.6. The van der Waals surface area contributed by atoms with Gasteiger partial charge < -0.3 is 9.47 Å². The summed E-state index contributed by atoms with van der Waals surface area (Å²) < 4.78 is 1.89. The van der Waals surface area contributed by atoms with E-state index in [2.05, 4.69) is 4.98 Å². The fourth-order valence-corrected chi connectivity index (χ4v) is 2.48. The molecule has 4 heteroatoms. The Morgan fingerprint density at radius 2 is 1.81 bits per heavy atom. The van der Waals surface area contributed by atoms with Crippen molar-refractivity contribution in [2.24, 2.45) is 0 Å². The smallest absolute Gasteiger partial charge is 0.246 e. The third kappa shape index (κ3) is 2.65. The monoisotopic (exact) mass is 279 g/mol. The van der Waals surface area contributed by atoms with Crippen LogP contribution in [0.4, 0.5) is 5.69 Å². The van der Waals surface area contributed by atoms with E-state index in [1.54, 1.807) is 11.2 Å². The molecule has 0 aliphatic heterocycles. The quantitative estimate of drug-likeness (QED) is 0.736. The van der Waals surface area contributed by atoms with Crippen LogP contribution >= 0.6 is 0 Å². The average Bonchev–Trinajstić information content (AvgIpc) is 2.92. The van der Waals surface area contributed by atoms with Crippen LogP contribution in [0.1, 0.15) is 6.92 Å². The lowest BCUT2D eigenvalue weighted by molar-refractivity contribution is -0.119. The molecule has 2 aromatic carbocycles. The zero-order valence-corrected chi connectivity index (χ0v) is 11.9. The van der Waals surface area contributed by atoms with Crippen molar-refractivity contribution in [3.05, 3.63) is 60.9 Å². The highest BCUT2D eigenvalue weighted by Gasteiger charge is 2.15. The molecule has 1 amide bonds. The van der Waals surface area contributed by atoms with Crippen molar-refractivity contribution in [2.45, 2.75) is 13.5 Å². The van der Waals surface area contributed by atoms with Crippen molar-refractivity contribution in [1.29, 1.82) is 0 Å². The summed E-state index contributed by atoms with van der Waals surface area (Å²) >= 11 is 0. The van der Waals surface area contributed by atoms with E-state index >= 15 is 0 Å². The van der Waals surface area contributed by atoms with E-state index in [4.69, 9.17) is 0 Å². The Morgan fingerprint density at radius 1 is 1.10 bits per heavy atom. The highest BCUT2D eigenvalue weighted by molar-refractivity contribution is 5.93. The lowest BCUT2D eigenvalue weighted by atomic mass is 10.2. The van der Waals surface area contributed by atoms with Gasteiger partial charge in [-0.1, -0.05) is 30.3 Å². The van der Waals surface area contributed by atoms with Crippen LogP contribution in [0.15, 0.2) is 60.9 Å². The molecule has 21 heavy (non-hydrogen) atoms. The second-order valence-corrected chi connectivity index (χ2v) is 4.83. The minimum atomic E-state index is 0.0619. The van der Waals surface area contributed by atoms with Crippen molar-refractivity contribution in [2.75, 3.05) is 11.4 Å². The summed E-state index contributed by atoms with van der Waals surface area (Å²) in [5, 5.41) is 0. The normalized spacial score (nSPS) is 10.7. The predicted octanol–water partition coefficient (Wildman–Crippen LogP) is 3.09. The first-order valence-electron chi connectivity index (χ1n) is 7.05. The molecule has 0 bridgehead atoms. The van der Waals surface area contributed by atoms with Gasteiger partial charge in [0.25, 0.3) is 0 Å². The fraction of sp³-hybridized carbons (Fsp3) is 0.176. The molecule has 1 heterocycles. The summed E-state index contributed by atoms with van der Waals surface area (Å²) in [6, 6.07) is 17.6. The van der Waals surface area contributed by atoms with Crippen molar-refractivity contribution >= 4 is 22.6 Å². The van der Waals surface area contributed by atoms with Gasteiger partial charge >= 0.3 is 0 Å². The molecule has 0 aliphatic rings.